The van der Waals surface area contributed by atoms with Gasteiger partial charge in [0.25, 0.3) is 6.43 Å². The van der Waals surface area contributed by atoms with Crippen LogP contribution in [0.4, 0.5) is 13.2 Å². The van der Waals surface area contributed by atoms with Gasteiger partial charge >= 0.3 is 0 Å². The molecule has 1 aromatic heterocycles. The van der Waals surface area contributed by atoms with Crippen LogP contribution in [0.15, 0.2) is 61.3 Å². The Hall–Kier alpha value is -3.32. The Balaban J connectivity index is 1.67. The third-order valence-corrected chi connectivity index (χ3v) is 7.34. The molecule has 0 aliphatic heterocycles. The molecule has 1 N–H and O–H groups in total. The van der Waals surface area contributed by atoms with Crippen molar-refractivity contribution in [2.45, 2.75) is 45.0 Å². The number of alkyl halides is 2. The summed E-state index contributed by atoms with van der Waals surface area (Å²) in [6.45, 7) is 5.61. The third-order valence-electron chi connectivity index (χ3n) is 7.05. The second-order valence-corrected chi connectivity index (χ2v) is 10.2. The first-order chi connectivity index (χ1) is 17.5. The fourth-order valence-electron chi connectivity index (χ4n) is 5.10. The van der Waals surface area contributed by atoms with E-state index in [4.69, 9.17) is 11.6 Å². The summed E-state index contributed by atoms with van der Waals surface area (Å²) in [5, 5.41) is 22.3. The summed E-state index contributed by atoms with van der Waals surface area (Å²) < 4.78 is 42.4. The topological polar surface area (TPSA) is 64.2 Å². The van der Waals surface area contributed by atoms with Crippen LogP contribution in [0.25, 0.3) is 16.9 Å². The number of aliphatic hydroxyl groups excluding tert-OH is 1. The number of aliphatic hydroxyl groups is 1. The third kappa shape index (κ3) is 5.82. The zero-order valence-electron chi connectivity index (χ0n) is 20.3. The van der Waals surface area contributed by atoms with E-state index in [2.05, 4.69) is 13.5 Å². The number of rotatable bonds is 9. The molecule has 1 aliphatic carbocycles. The van der Waals surface area contributed by atoms with Crippen LogP contribution in [-0.2, 0) is 11.2 Å². The van der Waals surface area contributed by atoms with Gasteiger partial charge in [-0.3, -0.25) is 4.79 Å². The number of carbonyl (C=O) groups is 1. The van der Waals surface area contributed by atoms with Gasteiger partial charge in [-0.05, 0) is 48.8 Å². The molecule has 8 heteroatoms. The van der Waals surface area contributed by atoms with Crippen molar-refractivity contribution in [2.75, 3.05) is 0 Å². The predicted molar refractivity (Wildman–Crippen MR) is 137 cm³/mol. The molecular weight excluding hydrogens is 503 g/mol. The minimum absolute atomic E-state index is 0.0441. The summed E-state index contributed by atoms with van der Waals surface area (Å²) in [5.74, 6) is -1.13. The van der Waals surface area contributed by atoms with Gasteiger partial charge in [-0.1, -0.05) is 55.4 Å². The van der Waals surface area contributed by atoms with Crippen molar-refractivity contribution in [3.05, 3.63) is 99.7 Å². The number of halogens is 4. The van der Waals surface area contributed by atoms with Gasteiger partial charge in [-0.15, -0.1) is 0 Å². The van der Waals surface area contributed by atoms with E-state index in [-0.39, 0.29) is 34.2 Å². The number of hydrogen-bond donors (Lipinski definition) is 1. The number of ketones is 1. The number of hydrogen-bond acceptors (Lipinski definition) is 3. The van der Waals surface area contributed by atoms with E-state index in [0.717, 1.165) is 36.7 Å². The number of benzene rings is 2. The number of Topliss-reactive ketones (excluding diaryl/α,β-unsaturated/α-hetero) is 1. The van der Waals surface area contributed by atoms with Crippen LogP contribution < -0.4 is 4.73 Å². The first kappa shape index (κ1) is 26.7. The Morgan fingerprint density at radius 1 is 1.16 bits per heavy atom. The highest BCUT2D eigenvalue weighted by atomic mass is 35.5. The van der Waals surface area contributed by atoms with Crippen molar-refractivity contribution in [3.63, 3.8) is 0 Å². The molecule has 1 heterocycles. The van der Waals surface area contributed by atoms with Crippen molar-refractivity contribution in [2.24, 2.45) is 11.8 Å². The van der Waals surface area contributed by atoms with Crippen LogP contribution in [-0.4, -0.2) is 10.9 Å². The molecule has 1 aliphatic rings. The summed E-state index contributed by atoms with van der Waals surface area (Å²) in [6.07, 6.45) is 0.543. The molecule has 37 heavy (non-hydrogen) atoms. The maximum absolute atomic E-state index is 14.8. The molecule has 0 bridgehead atoms. The Morgan fingerprint density at radius 2 is 1.84 bits per heavy atom. The van der Waals surface area contributed by atoms with Crippen molar-refractivity contribution < 1.29 is 27.8 Å². The summed E-state index contributed by atoms with van der Waals surface area (Å²) in [4.78, 5) is 13.4. The summed E-state index contributed by atoms with van der Waals surface area (Å²) >= 11 is 5.83. The quantitative estimate of drug-likeness (QED) is 0.176. The molecule has 0 spiro atoms. The van der Waals surface area contributed by atoms with E-state index in [9.17, 15) is 28.3 Å². The fraction of sp³-hybridized carbons (Fsp3) is 0.310. The number of nitrogens with zero attached hydrogens (tertiary/aromatic N) is 1. The molecule has 1 atom stereocenters. The minimum atomic E-state index is -2.97. The van der Waals surface area contributed by atoms with Gasteiger partial charge in [0, 0.05) is 29.2 Å². The zero-order chi connectivity index (χ0) is 26.9. The number of carbonyl (C=O) groups excluding carboxylic acids is 1. The number of aromatic nitrogens is 1. The zero-order valence-corrected chi connectivity index (χ0v) is 21.0. The molecule has 1 fully saturated rings. The number of pyridine rings is 1. The highest BCUT2D eigenvalue weighted by Crippen LogP contribution is 2.41. The van der Waals surface area contributed by atoms with Crippen LogP contribution in [0.2, 0.25) is 5.02 Å². The average molecular weight is 530 g/mol. The van der Waals surface area contributed by atoms with Gasteiger partial charge in [0.05, 0.1) is 10.6 Å². The standard InChI is InChI=1S/C29H27ClF3NO3/c1-16-11-19(12-16)13-23(26(36)14-18-3-5-20(6-4-18)17(2)35)25-10-7-21(15-34(25)37)27-22(29(32)33)8-9-24(30)28(27)31/h3-10,15-16,19,23,29,35H,2,11-14H2,1H3. The molecule has 4 nitrogen and oxygen atoms in total. The Kier molecular flexibility index (Phi) is 7.93. The van der Waals surface area contributed by atoms with Crippen molar-refractivity contribution in [1.82, 2.24) is 0 Å². The molecule has 1 unspecified atom stereocenters. The van der Waals surface area contributed by atoms with Gasteiger partial charge < -0.3 is 10.3 Å². The first-order valence-electron chi connectivity index (χ1n) is 12.0. The van der Waals surface area contributed by atoms with E-state index in [0.29, 0.717) is 28.6 Å². The van der Waals surface area contributed by atoms with E-state index >= 15 is 0 Å². The predicted octanol–water partition coefficient (Wildman–Crippen LogP) is 7.58. The summed E-state index contributed by atoms with van der Waals surface area (Å²) in [6, 6.07) is 11.7. The van der Waals surface area contributed by atoms with Gasteiger partial charge in [-0.2, -0.15) is 4.73 Å². The molecule has 194 valence electrons. The van der Waals surface area contributed by atoms with E-state index in [1.807, 2.05) is 0 Å². The summed E-state index contributed by atoms with van der Waals surface area (Å²) in [7, 11) is 0. The normalized spacial score (nSPS) is 17.9. The second-order valence-electron chi connectivity index (χ2n) is 9.81. The summed E-state index contributed by atoms with van der Waals surface area (Å²) in [5.41, 5.74) is 0.408. The van der Waals surface area contributed by atoms with Crippen LogP contribution in [0, 0.1) is 22.9 Å². The SMILES string of the molecule is C=C(O)c1ccc(CC(=O)C(CC2CC(C)C2)c2ccc(-c3c(C(F)F)ccc(Cl)c3F)c[n+]2[O-])cc1. The first-order valence-corrected chi connectivity index (χ1v) is 12.4. The molecule has 2 aromatic carbocycles. The minimum Gasteiger partial charge on any atom is -0.618 e. The Morgan fingerprint density at radius 3 is 2.41 bits per heavy atom. The van der Waals surface area contributed by atoms with Crippen LogP contribution in [0.1, 0.15) is 60.9 Å². The molecule has 1 saturated carbocycles. The van der Waals surface area contributed by atoms with E-state index < -0.39 is 29.3 Å². The lowest BCUT2D eigenvalue weighted by molar-refractivity contribution is -0.614. The van der Waals surface area contributed by atoms with Crippen molar-refractivity contribution in [1.29, 1.82) is 0 Å². The molecular formula is C29H27ClF3NO3. The monoisotopic (exact) mass is 529 g/mol. The maximum Gasteiger partial charge on any atom is 0.264 e. The molecule has 0 radical (unpaired) electrons. The van der Waals surface area contributed by atoms with Crippen molar-refractivity contribution in [3.8, 4) is 11.1 Å². The van der Waals surface area contributed by atoms with E-state index in [1.54, 1.807) is 24.3 Å². The fourth-order valence-corrected chi connectivity index (χ4v) is 5.26. The van der Waals surface area contributed by atoms with Crippen LogP contribution >= 0.6 is 11.6 Å². The Bertz CT molecular complexity index is 1320. The van der Waals surface area contributed by atoms with Crippen molar-refractivity contribution >= 4 is 23.1 Å². The van der Waals surface area contributed by atoms with Gasteiger partial charge in [0.1, 0.15) is 17.5 Å². The Labute approximate surface area is 218 Å². The highest BCUT2D eigenvalue weighted by molar-refractivity contribution is 6.31. The highest BCUT2D eigenvalue weighted by Gasteiger charge is 2.35. The largest absolute Gasteiger partial charge is 0.618 e. The van der Waals surface area contributed by atoms with Crippen LogP contribution in [0.5, 0.6) is 0 Å². The van der Waals surface area contributed by atoms with E-state index in [1.165, 1.54) is 12.1 Å². The molecule has 4 rings (SSSR count). The van der Waals surface area contributed by atoms with Gasteiger partial charge in [0.2, 0.25) is 5.69 Å². The van der Waals surface area contributed by atoms with Gasteiger partial charge in [0.15, 0.2) is 12.0 Å². The molecule has 0 saturated heterocycles. The van der Waals surface area contributed by atoms with Gasteiger partial charge in [-0.25, -0.2) is 13.2 Å². The smallest absolute Gasteiger partial charge is 0.264 e. The average Bonchev–Trinajstić information content (AvgIpc) is 2.83. The lowest BCUT2D eigenvalue weighted by Gasteiger charge is -2.34. The lowest BCUT2D eigenvalue weighted by Crippen LogP contribution is -2.37. The molecule has 0 amide bonds. The van der Waals surface area contributed by atoms with Crippen LogP contribution in [0.3, 0.4) is 0 Å². The maximum atomic E-state index is 14.8. The second kappa shape index (κ2) is 11.0. The lowest BCUT2D eigenvalue weighted by atomic mass is 9.70. The molecule has 3 aromatic rings.